The van der Waals surface area contributed by atoms with E-state index >= 15 is 0 Å². The van der Waals surface area contributed by atoms with E-state index in [9.17, 15) is 23.5 Å². The maximum Gasteiger partial charge on any atom is 0.253 e. The summed E-state index contributed by atoms with van der Waals surface area (Å²) < 4.78 is 28.0. The molecule has 39 heavy (non-hydrogen) atoms. The third kappa shape index (κ3) is 7.95. The van der Waals surface area contributed by atoms with Crippen LogP contribution in [-0.4, -0.2) is 60.0 Å². The first-order valence-corrected chi connectivity index (χ1v) is 13.8. The van der Waals surface area contributed by atoms with Crippen LogP contribution in [0, 0.1) is 0 Å². The lowest BCUT2D eigenvalue weighted by molar-refractivity contribution is -0.120. The maximum absolute atomic E-state index is 13.6. The second kappa shape index (κ2) is 13.8. The standard InChI is InChI=1S/C25H29BrF2N6O3.C2H6/c1-2-20(14-5-16(8-17(26)6-14)25(3-4-25)23(27)28)34-21(36)13-30-22(37)15-7-18(10-29-9-15)33-24-31-11-19(35)12-32-24;1-2/h5-10,19-20,23,35H,2-4,11-13H2,1H3,(H,30,37)(H,34,36)(H2,31,32,33);1-2H3. The van der Waals surface area contributed by atoms with Crippen LogP contribution in [-0.2, 0) is 10.2 Å². The van der Waals surface area contributed by atoms with Crippen LogP contribution in [0.4, 0.5) is 14.5 Å². The number of guanidine groups is 1. The molecule has 2 atom stereocenters. The van der Waals surface area contributed by atoms with Crippen molar-refractivity contribution in [2.75, 3.05) is 25.0 Å². The highest BCUT2D eigenvalue weighted by Crippen LogP contribution is 2.53. The zero-order chi connectivity index (χ0) is 28.6. The molecule has 1 aromatic heterocycles. The molecule has 12 heteroatoms. The predicted octanol–water partition coefficient (Wildman–Crippen LogP) is 3.90. The zero-order valence-electron chi connectivity index (χ0n) is 22.2. The molecule has 0 saturated heterocycles. The first-order chi connectivity index (χ1) is 18.7. The van der Waals surface area contributed by atoms with Gasteiger partial charge in [-0.25, -0.2) is 8.78 Å². The number of rotatable bonds is 9. The van der Waals surface area contributed by atoms with E-state index in [1.807, 2.05) is 26.8 Å². The minimum absolute atomic E-state index is 0.250. The maximum atomic E-state index is 13.6. The number of carbonyl (C=O) groups excluding carboxylic acids is 2. The van der Waals surface area contributed by atoms with Crippen molar-refractivity contribution in [3.63, 3.8) is 0 Å². The van der Waals surface area contributed by atoms with Gasteiger partial charge >= 0.3 is 0 Å². The molecule has 1 saturated carbocycles. The van der Waals surface area contributed by atoms with E-state index in [0.29, 0.717) is 47.5 Å². The first-order valence-electron chi connectivity index (χ1n) is 13.1. The fourth-order valence-electron chi connectivity index (χ4n) is 4.18. The molecule has 2 amide bonds. The summed E-state index contributed by atoms with van der Waals surface area (Å²) in [5.41, 5.74) is 0.966. The van der Waals surface area contributed by atoms with E-state index in [2.05, 4.69) is 47.2 Å². The number of benzene rings is 1. The van der Waals surface area contributed by atoms with Gasteiger partial charge in [-0.15, -0.1) is 0 Å². The summed E-state index contributed by atoms with van der Waals surface area (Å²) >= 11 is 3.41. The number of aliphatic hydroxyl groups is 1. The first kappa shape index (κ1) is 30.4. The van der Waals surface area contributed by atoms with Gasteiger partial charge in [-0.2, -0.15) is 0 Å². The van der Waals surface area contributed by atoms with Crippen molar-refractivity contribution in [2.45, 2.75) is 64.0 Å². The Morgan fingerprint density at radius 1 is 1.21 bits per heavy atom. The topological polar surface area (TPSA) is 128 Å². The Balaban J connectivity index is 0.00000205. The van der Waals surface area contributed by atoms with Crippen LogP contribution in [0.25, 0.3) is 0 Å². The van der Waals surface area contributed by atoms with Gasteiger partial charge in [0.2, 0.25) is 12.3 Å². The van der Waals surface area contributed by atoms with E-state index in [4.69, 9.17) is 0 Å². The lowest BCUT2D eigenvalue weighted by Gasteiger charge is -2.22. The fourth-order valence-corrected chi connectivity index (χ4v) is 4.69. The molecular weight excluding hydrogens is 574 g/mol. The van der Waals surface area contributed by atoms with Gasteiger partial charge in [-0.3, -0.25) is 19.6 Å². The molecular formula is C27H35BrF2N6O3. The molecule has 2 unspecified atom stereocenters. The molecule has 5 N–H and O–H groups in total. The number of nitrogens with zero attached hydrogens (tertiary/aromatic N) is 2. The lowest BCUT2D eigenvalue weighted by atomic mass is 9.92. The Kier molecular flexibility index (Phi) is 10.8. The molecule has 1 aliphatic carbocycles. The number of hydrogen-bond acceptors (Lipinski definition) is 7. The lowest BCUT2D eigenvalue weighted by Crippen LogP contribution is -2.42. The summed E-state index contributed by atoms with van der Waals surface area (Å²) in [4.78, 5) is 33.5. The minimum Gasteiger partial charge on any atom is -0.389 e. The Morgan fingerprint density at radius 3 is 2.56 bits per heavy atom. The second-order valence-electron chi connectivity index (χ2n) is 9.25. The van der Waals surface area contributed by atoms with Gasteiger partial charge in [0.1, 0.15) is 0 Å². The molecule has 1 aliphatic heterocycles. The Morgan fingerprint density at radius 2 is 1.95 bits per heavy atom. The average Bonchev–Trinajstić information content (AvgIpc) is 3.75. The molecule has 2 heterocycles. The highest BCUT2D eigenvalue weighted by Gasteiger charge is 2.52. The monoisotopic (exact) mass is 608 g/mol. The molecule has 0 radical (unpaired) electrons. The van der Waals surface area contributed by atoms with Crippen LogP contribution in [0.15, 0.2) is 46.1 Å². The number of aliphatic imine (C=N–C) groups is 1. The molecule has 212 valence electrons. The number of alkyl halides is 2. The van der Waals surface area contributed by atoms with Crippen molar-refractivity contribution in [3.05, 3.63) is 57.8 Å². The predicted molar refractivity (Wildman–Crippen MR) is 150 cm³/mol. The molecule has 2 aromatic rings. The molecule has 1 aromatic carbocycles. The van der Waals surface area contributed by atoms with Crippen LogP contribution in [0.2, 0.25) is 0 Å². The number of amides is 2. The quantitative estimate of drug-likeness (QED) is 0.294. The molecule has 0 spiro atoms. The summed E-state index contributed by atoms with van der Waals surface area (Å²) in [7, 11) is 0. The van der Waals surface area contributed by atoms with E-state index in [0.717, 1.165) is 5.56 Å². The molecule has 4 rings (SSSR count). The van der Waals surface area contributed by atoms with Crippen molar-refractivity contribution >= 4 is 39.4 Å². The van der Waals surface area contributed by atoms with E-state index in [1.54, 1.807) is 18.2 Å². The SMILES string of the molecule is CC.CCC(NC(=O)CNC(=O)c1cncc(NC2=NCC(O)CN2)c1)c1cc(Br)cc(C2(C(F)F)CC2)c1. The number of aliphatic hydroxyl groups excluding tert-OH is 1. The average molecular weight is 610 g/mol. The number of β-amino-alcohol motifs (C(OH)–C–C–N with tert-alkyl or cyclic N) is 1. The number of aromatic nitrogens is 1. The number of halogens is 3. The Labute approximate surface area is 235 Å². The third-order valence-corrected chi connectivity index (χ3v) is 6.94. The number of nitrogens with one attached hydrogen (secondary N) is 4. The smallest absolute Gasteiger partial charge is 0.253 e. The highest BCUT2D eigenvalue weighted by atomic mass is 79.9. The molecule has 1 fully saturated rings. The third-order valence-electron chi connectivity index (χ3n) is 6.49. The number of carbonyl (C=O) groups is 2. The van der Waals surface area contributed by atoms with Crippen molar-refractivity contribution in [1.29, 1.82) is 0 Å². The van der Waals surface area contributed by atoms with Crippen molar-refractivity contribution < 1.29 is 23.5 Å². The van der Waals surface area contributed by atoms with E-state index in [-0.39, 0.29) is 18.7 Å². The van der Waals surface area contributed by atoms with Crippen molar-refractivity contribution in [1.82, 2.24) is 20.9 Å². The van der Waals surface area contributed by atoms with Crippen LogP contribution < -0.4 is 21.3 Å². The zero-order valence-corrected chi connectivity index (χ0v) is 23.8. The normalized spacial score (nSPS) is 18.1. The summed E-state index contributed by atoms with van der Waals surface area (Å²) in [6.45, 7) is 6.26. The number of anilines is 1. The molecule has 0 bridgehead atoms. The molecule has 2 aliphatic rings. The van der Waals surface area contributed by atoms with Gasteiger partial charge in [-0.05, 0) is 48.6 Å². The van der Waals surface area contributed by atoms with Gasteiger partial charge < -0.3 is 26.4 Å². The second-order valence-corrected chi connectivity index (χ2v) is 10.2. The number of pyridine rings is 1. The Hall–Kier alpha value is -3.12. The van der Waals surface area contributed by atoms with Crippen LogP contribution in [0.5, 0.6) is 0 Å². The van der Waals surface area contributed by atoms with Crippen molar-refractivity contribution in [3.8, 4) is 0 Å². The van der Waals surface area contributed by atoms with E-state index in [1.165, 1.54) is 12.4 Å². The highest BCUT2D eigenvalue weighted by molar-refractivity contribution is 9.10. The van der Waals surface area contributed by atoms with Gasteiger partial charge in [0.05, 0.1) is 48.1 Å². The van der Waals surface area contributed by atoms with Gasteiger partial charge in [0.25, 0.3) is 5.91 Å². The largest absolute Gasteiger partial charge is 0.389 e. The fraction of sp³-hybridized carbons (Fsp3) is 0.481. The van der Waals surface area contributed by atoms with Gasteiger partial charge in [0, 0.05) is 17.2 Å². The van der Waals surface area contributed by atoms with Crippen LogP contribution in [0.1, 0.15) is 67.6 Å². The Bertz CT molecular complexity index is 1190. The van der Waals surface area contributed by atoms with Crippen LogP contribution in [0.3, 0.4) is 0 Å². The summed E-state index contributed by atoms with van der Waals surface area (Å²) in [6, 6.07) is 6.45. The molecule has 9 nitrogen and oxygen atoms in total. The van der Waals surface area contributed by atoms with Crippen LogP contribution >= 0.6 is 15.9 Å². The summed E-state index contributed by atoms with van der Waals surface area (Å²) in [6.07, 6.45) is 1.34. The summed E-state index contributed by atoms with van der Waals surface area (Å²) in [5, 5.41) is 20.9. The minimum atomic E-state index is -2.44. The van der Waals surface area contributed by atoms with Gasteiger partial charge in [0.15, 0.2) is 5.96 Å². The summed E-state index contributed by atoms with van der Waals surface area (Å²) in [5.74, 6) is -0.421. The van der Waals surface area contributed by atoms with Gasteiger partial charge in [-0.1, -0.05) is 42.8 Å². The van der Waals surface area contributed by atoms with Crippen molar-refractivity contribution in [2.24, 2.45) is 4.99 Å². The number of hydrogen-bond donors (Lipinski definition) is 5. The van der Waals surface area contributed by atoms with E-state index < -0.39 is 35.8 Å².